The molecule has 1 aromatic carbocycles. The number of hydrogen-bond acceptors (Lipinski definition) is 5. The molecule has 1 unspecified atom stereocenters. The van der Waals surface area contributed by atoms with Crippen LogP contribution >= 0.6 is 0 Å². The van der Waals surface area contributed by atoms with E-state index in [1.807, 2.05) is 36.4 Å². The summed E-state index contributed by atoms with van der Waals surface area (Å²) in [4.78, 5) is 27.8. The van der Waals surface area contributed by atoms with E-state index in [0.717, 1.165) is 29.8 Å². The van der Waals surface area contributed by atoms with E-state index in [-0.39, 0.29) is 24.3 Å². The molecule has 1 saturated carbocycles. The fourth-order valence-corrected chi connectivity index (χ4v) is 3.40. The lowest BCUT2D eigenvalue weighted by Crippen LogP contribution is -2.35. The highest BCUT2D eigenvalue weighted by Gasteiger charge is 2.41. The number of benzene rings is 1. The molecule has 1 atom stereocenters. The third-order valence-corrected chi connectivity index (χ3v) is 5.63. The van der Waals surface area contributed by atoms with Gasteiger partial charge in [0, 0.05) is 42.3 Å². The molecule has 1 N–H and O–H groups in total. The van der Waals surface area contributed by atoms with Gasteiger partial charge in [0.05, 0.1) is 19.1 Å². The van der Waals surface area contributed by atoms with Gasteiger partial charge in [0.15, 0.2) is 0 Å². The van der Waals surface area contributed by atoms with Crippen molar-refractivity contribution in [2.24, 2.45) is 0 Å². The number of aliphatic hydroxyl groups is 1. The molecule has 1 fully saturated rings. The molecule has 6 nitrogen and oxygen atoms in total. The van der Waals surface area contributed by atoms with Crippen LogP contribution in [0, 0.1) is 0 Å². The van der Waals surface area contributed by atoms with Gasteiger partial charge in [-0.15, -0.1) is 0 Å². The molecule has 0 spiro atoms. The van der Waals surface area contributed by atoms with Crippen LogP contribution in [-0.2, 0) is 23.2 Å². The van der Waals surface area contributed by atoms with Crippen molar-refractivity contribution in [3.05, 3.63) is 89.8 Å². The number of pyridine rings is 1. The van der Waals surface area contributed by atoms with Crippen molar-refractivity contribution >= 4 is 5.91 Å². The number of carbonyl (C=O) groups is 1. The Bertz CT molecular complexity index is 973. The second-order valence-corrected chi connectivity index (χ2v) is 8.21. The van der Waals surface area contributed by atoms with Crippen LogP contribution in [0.3, 0.4) is 0 Å². The molecule has 4 rings (SSSR count). The maximum absolute atomic E-state index is 13.1. The Morgan fingerprint density at radius 1 is 1.07 bits per heavy atom. The lowest BCUT2D eigenvalue weighted by molar-refractivity contribution is -0.132. The van der Waals surface area contributed by atoms with Crippen molar-refractivity contribution in [3.8, 4) is 0 Å². The summed E-state index contributed by atoms with van der Waals surface area (Å²) in [6.07, 6.45) is 8.41. The first kappa shape index (κ1) is 20.2. The zero-order valence-electron chi connectivity index (χ0n) is 17.1. The fourth-order valence-electron chi connectivity index (χ4n) is 3.40. The van der Waals surface area contributed by atoms with E-state index in [0.29, 0.717) is 12.1 Å². The minimum Gasteiger partial charge on any atom is -0.386 e. The van der Waals surface area contributed by atoms with Crippen molar-refractivity contribution in [3.63, 3.8) is 0 Å². The Balaban J connectivity index is 1.48. The maximum Gasteiger partial charge on any atom is 0.227 e. The van der Waals surface area contributed by atoms with Crippen LogP contribution in [0.25, 0.3) is 0 Å². The number of aliphatic hydroxyl groups excluding tert-OH is 1. The number of nitrogens with zero attached hydrogens (tertiary/aromatic N) is 4. The molecule has 1 aliphatic rings. The lowest BCUT2D eigenvalue weighted by atomic mass is 10.1. The van der Waals surface area contributed by atoms with Gasteiger partial charge in [-0.1, -0.05) is 43.3 Å². The number of aromatic nitrogens is 3. The Morgan fingerprint density at radius 2 is 1.80 bits per heavy atom. The molecule has 0 saturated heterocycles. The van der Waals surface area contributed by atoms with Crippen LogP contribution in [0.2, 0.25) is 0 Å². The van der Waals surface area contributed by atoms with Crippen molar-refractivity contribution in [2.75, 3.05) is 6.54 Å². The predicted octanol–water partition coefficient (Wildman–Crippen LogP) is 3.23. The van der Waals surface area contributed by atoms with E-state index < -0.39 is 6.10 Å². The molecule has 1 amide bonds. The van der Waals surface area contributed by atoms with Crippen molar-refractivity contribution in [1.29, 1.82) is 0 Å². The van der Waals surface area contributed by atoms with Gasteiger partial charge in [0.25, 0.3) is 0 Å². The maximum atomic E-state index is 13.1. The summed E-state index contributed by atoms with van der Waals surface area (Å²) >= 11 is 0. The Kier molecular flexibility index (Phi) is 5.86. The quantitative estimate of drug-likeness (QED) is 0.626. The van der Waals surface area contributed by atoms with Gasteiger partial charge in [-0.2, -0.15) is 0 Å². The van der Waals surface area contributed by atoms with Gasteiger partial charge in [0.1, 0.15) is 5.82 Å². The summed E-state index contributed by atoms with van der Waals surface area (Å²) in [5.74, 6) is 0.780. The summed E-state index contributed by atoms with van der Waals surface area (Å²) in [5.41, 5.74) is 2.59. The first-order chi connectivity index (χ1) is 14.5. The molecule has 2 heterocycles. The molecule has 6 heteroatoms. The average Bonchev–Trinajstić information content (AvgIpc) is 3.53. The van der Waals surface area contributed by atoms with Crippen molar-refractivity contribution < 1.29 is 9.90 Å². The van der Waals surface area contributed by atoms with E-state index in [9.17, 15) is 9.90 Å². The van der Waals surface area contributed by atoms with E-state index in [2.05, 4.69) is 21.9 Å². The van der Waals surface area contributed by atoms with Crippen LogP contribution in [0.5, 0.6) is 0 Å². The summed E-state index contributed by atoms with van der Waals surface area (Å²) in [5, 5.41) is 10.7. The molecular weight excluding hydrogens is 376 g/mol. The Hall–Kier alpha value is -3.12. The van der Waals surface area contributed by atoms with E-state index in [1.54, 1.807) is 35.8 Å². The second kappa shape index (κ2) is 8.71. The van der Waals surface area contributed by atoms with E-state index in [4.69, 9.17) is 0 Å². The third-order valence-electron chi connectivity index (χ3n) is 5.63. The number of amides is 1. The largest absolute Gasteiger partial charge is 0.386 e. The summed E-state index contributed by atoms with van der Waals surface area (Å²) in [6.45, 7) is 2.78. The zero-order chi connectivity index (χ0) is 21.0. The van der Waals surface area contributed by atoms with Crippen LogP contribution in [0.1, 0.15) is 48.4 Å². The Morgan fingerprint density at radius 3 is 2.43 bits per heavy atom. The molecule has 1 aliphatic carbocycles. The van der Waals surface area contributed by atoms with Crippen molar-refractivity contribution in [2.45, 2.75) is 44.2 Å². The topological polar surface area (TPSA) is 79.2 Å². The van der Waals surface area contributed by atoms with Gasteiger partial charge >= 0.3 is 0 Å². The SMILES string of the molecule is CC1(c2ncc(CC(=O)N(Cc3ccccc3)CC(O)c3cccnc3)cn2)CC1. The van der Waals surface area contributed by atoms with Crippen LogP contribution < -0.4 is 0 Å². The molecule has 154 valence electrons. The second-order valence-electron chi connectivity index (χ2n) is 8.21. The fraction of sp³-hybridized carbons (Fsp3) is 0.333. The molecule has 30 heavy (non-hydrogen) atoms. The average molecular weight is 402 g/mol. The van der Waals surface area contributed by atoms with Crippen LogP contribution in [0.4, 0.5) is 0 Å². The molecule has 2 aromatic heterocycles. The highest BCUT2D eigenvalue weighted by atomic mass is 16.3. The zero-order valence-corrected chi connectivity index (χ0v) is 17.1. The van der Waals surface area contributed by atoms with Crippen molar-refractivity contribution in [1.82, 2.24) is 19.9 Å². The summed E-state index contributed by atoms with van der Waals surface area (Å²) in [6, 6.07) is 13.4. The highest BCUT2D eigenvalue weighted by molar-refractivity contribution is 5.78. The Labute approximate surface area is 176 Å². The van der Waals surface area contributed by atoms with Crippen LogP contribution in [-0.4, -0.2) is 37.4 Å². The molecule has 0 aliphatic heterocycles. The van der Waals surface area contributed by atoms with Gasteiger partial charge < -0.3 is 10.0 Å². The number of carbonyl (C=O) groups excluding carboxylic acids is 1. The lowest BCUT2D eigenvalue weighted by Gasteiger charge is -2.26. The highest BCUT2D eigenvalue weighted by Crippen LogP contribution is 2.45. The number of hydrogen-bond donors (Lipinski definition) is 1. The summed E-state index contributed by atoms with van der Waals surface area (Å²) < 4.78 is 0. The summed E-state index contributed by atoms with van der Waals surface area (Å²) in [7, 11) is 0. The minimum atomic E-state index is -0.806. The molecule has 0 bridgehead atoms. The van der Waals surface area contributed by atoms with Gasteiger partial charge in [0.2, 0.25) is 5.91 Å². The number of rotatable bonds is 8. The predicted molar refractivity (Wildman–Crippen MR) is 113 cm³/mol. The first-order valence-corrected chi connectivity index (χ1v) is 10.2. The monoisotopic (exact) mass is 402 g/mol. The smallest absolute Gasteiger partial charge is 0.227 e. The van der Waals surface area contributed by atoms with Gasteiger partial charge in [-0.25, -0.2) is 9.97 Å². The molecule has 0 radical (unpaired) electrons. The first-order valence-electron chi connectivity index (χ1n) is 10.2. The standard InChI is InChI=1S/C24H26N4O2/c1-24(9-10-24)23-26-13-19(14-27-23)12-22(30)28(16-18-6-3-2-4-7-18)17-21(29)20-8-5-11-25-15-20/h2-8,11,13-15,21,29H,9-10,12,16-17H2,1H3. The van der Waals surface area contributed by atoms with Crippen LogP contribution in [0.15, 0.2) is 67.3 Å². The molecular formula is C24H26N4O2. The van der Waals surface area contributed by atoms with E-state index >= 15 is 0 Å². The van der Waals surface area contributed by atoms with Gasteiger partial charge in [-0.3, -0.25) is 9.78 Å². The third kappa shape index (κ3) is 4.89. The van der Waals surface area contributed by atoms with E-state index in [1.165, 1.54) is 0 Å². The minimum absolute atomic E-state index is 0.0734. The normalized spacial score (nSPS) is 15.4. The van der Waals surface area contributed by atoms with Gasteiger partial charge in [-0.05, 0) is 30.0 Å². The molecule has 3 aromatic rings.